The predicted octanol–water partition coefficient (Wildman–Crippen LogP) is 1.61. The van der Waals surface area contributed by atoms with E-state index in [0.29, 0.717) is 0 Å². The number of rotatable bonds is 6. The molecule has 0 unspecified atom stereocenters. The molecule has 8 heteroatoms. The molecule has 0 aromatic heterocycles. The summed E-state index contributed by atoms with van der Waals surface area (Å²) in [6.07, 6.45) is 0.0434. The second-order valence-electron chi connectivity index (χ2n) is 3.25. The Morgan fingerprint density at radius 1 is 1.06 bits per heavy atom. The number of nitrogens with zero attached hydrogens (tertiary/aromatic N) is 2. The van der Waals surface area contributed by atoms with Gasteiger partial charge in [-0.25, -0.2) is 0 Å². The van der Waals surface area contributed by atoms with Crippen LogP contribution in [0.3, 0.4) is 0 Å². The van der Waals surface area contributed by atoms with E-state index < -0.39 is 26.7 Å². The lowest BCUT2D eigenvalue weighted by Gasteiger charge is -2.21. The Labute approximate surface area is 97.0 Å². The summed E-state index contributed by atoms with van der Waals surface area (Å²) < 4.78 is 0. The standard InChI is InChI=1S/C9H12N4O4/c1-3-9(4-2,7(5-10)12(14)15)8(6-11)13(16)17/h10-11H,3-4H2,1-2H3. The molecule has 0 aliphatic rings. The Hall–Kier alpha value is -2.30. The molecule has 0 rings (SSSR count). The van der Waals surface area contributed by atoms with Crippen molar-refractivity contribution in [3.05, 3.63) is 31.6 Å². The van der Waals surface area contributed by atoms with Gasteiger partial charge in [0.1, 0.15) is 0 Å². The molecule has 0 spiro atoms. The van der Waals surface area contributed by atoms with Gasteiger partial charge in [0.25, 0.3) is 0 Å². The normalized spacial score (nSPS) is 10.0. The molecule has 0 fully saturated rings. The van der Waals surface area contributed by atoms with E-state index in [4.69, 9.17) is 10.8 Å². The zero-order valence-corrected chi connectivity index (χ0v) is 9.44. The van der Waals surface area contributed by atoms with E-state index in [1.165, 1.54) is 13.8 Å². The van der Waals surface area contributed by atoms with Gasteiger partial charge in [0.15, 0.2) is 5.41 Å². The number of nitro groups is 2. The summed E-state index contributed by atoms with van der Waals surface area (Å²) in [6.45, 7) is 3.04. The maximum Gasteiger partial charge on any atom is 0.323 e. The van der Waals surface area contributed by atoms with Gasteiger partial charge < -0.3 is 0 Å². The fraction of sp³-hybridized carbons (Fsp3) is 0.556. The lowest BCUT2D eigenvalue weighted by atomic mass is 9.77. The van der Waals surface area contributed by atoms with Crippen LogP contribution in [0.5, 0.6) is 0 Å². The van der Waals surface area contributed by atoms with E-state index in [-0.39, 0.29) is 12.8 Å². The summed E-state index contributed by atoms with van der Waals surface area (Å²) in [5.41, 5.74) is -3.03. The Morgan fingerprint density at radius 2 is 1.35 bits per heavy atom. The first kappa shape index (κ1) is 14.7. The summed E-state index contributed by atoms with van der Waals surface area (Å²) in [5, 5.41) is 35.4. The number of hydrogen-bond acceptors (Lipinski definition) is 6. The van der Waals surface area contributed by atoms with Gasteiger partial charge >= 0.3 is 11.4 Å². The van der Waals surface area contributed by atoms with Crippen molar-refractivity contribution in [2.24, 2.45) is 5.41 Å². The minimum Gasteiger partial charge on any atom is -0.258 e. The SMILES string of the molecule is CCC(CC)(C(=C=N)[N+](=O)[O-])C(=C=N)[N+](=O)[O-]. The molecule has 8 nitrogen and oxygen atoms in total. The largest absolute Gasteiger partial charge is 0.323 e. The predicted molar refractivity (Wildman–Crippen MR) is 59.5 cm³/mol. The highest BCUT2D eigenvalue weighted by atomic mass is 16.6. The highest BCUT2D eigenvalue weighted by Gasteiger charge is 2.51. The summed E-state index contributed by atoms with van der Waals surface area (Å²) >= 11 is 0. The van der Waals surface area contributed by atoms with Crippen LogP contribution in [0.15, 0.2) is 11.4 Å². The molecule has 0 atom stereocenters. The zero-order chi connectivity index (χ0) is 13.6. The second kappa shape index (κ2) is 5.69. The molecule has 0 heterocycles. The summed E-state index contributed by atoms with van der Waals surface area (Å²) in [7, 11) is 0. The highest BCUT2D eigenvalue weighted by Crippen LogP contribution is 2.40. The molecule has 0 saturated heterocycles. The maximum absolute atomic E-state index is 10.8. The van der Waals surface area contributed by atoms with E-state index in [9.17, 15) is 20.2 Å². The molecular formula is C9H12N4O4. The third-order valence-electron chi connectivity index (χ3n) is 2.72. The average molecular weight is 240 g/mol. The second-order valence-corrected chi connectivity index (χ2v) is 3.25. The van der Waals surface area contributed by atoms with Crippen molar-refractivity contribution in [3.63, 3.8) is 0 Å². The van der Waals surface area contributed by atoms with Crippen molar-refractivity contribution < 1.29 is 9.85 Å². The lowest BCUT2D eigenvalue weighted by molar-refractivity contribution is -0.469. The van der Waals surface area contributed by atoms with Crippen molar-refractivity contribution in [1.29, 1.82) is 10.8 Å². The quantitative estimate of drug-likeness (QED) is 0.414. The van der Waals surface area contributed by atoms with Crippen LogP contribution < -0.4 is 0 Å². The van der Waals surface area contributed by atoms with E-state index in [1.807, 2.05) is 0 Å². The molecule has 0 aromatic carbocycles. The fourth-order valence-corrected chi connectivity index (χ4v) is 1.71. The smallest absolute Gasteiger partial charge is 0.258 e. The minimum absolute atomic E-state index is 0.0217. The third kappa shape index (κ3) is 2.44. The van der Waals surface area contributed by atoms with Crippen LogP contribution in [-0.4, -0.2) is 21.6 Å². The molecule has 0 radical (unpaired) electrons. The Balaban J connectivity index is 6.12. The van der Waals surface area contributed by atoms with Gasteiger partial charge in [-0.3, -0.25) is 31.0 Å². The van der Waals surface area contributed by atoms with Crippen molar-refractivity contribution in [3.8, 4) is 0 Å². The molecule has 17 heavy (non-hydrogen) atoms. The summed E-state index contributed by atoms with van der Waals surface area (Å²) in [6, 6.07) is 0. The van der Waals surface area contributed by atoms with E-state index in [0.717, 1.165) is 0 Å². The first-order chi connectivity index (χ1) is 7.91. The average Bonchev–Trinajstić information content (AvgIpc) is 2.27. The fourth-order valence-electron chi connectivity index (χ4n) is 1.71. The number of hydrogen-bond donors (Lipinski definition) is 2. The van der Waals surface area contributed by atoms with Crippen LogP contribution >= 0.6 is 0 Å². The van der Waals surface area contributed by atoms with Crippen LogP contribution in [0, 0.1) is 36.5 Å². The highest BCUT2D eigenvalue weighted by molar-refractivity contribution is 5.61. The van der Waals surface area contributed by atoms with Crippen molar-refractivity contribution in [2.45, 2.75) is 26.7 Å². The van der Waals surface area contributed by atoms with Gasteiger partial charge in [0.2, 0.25) is 0 Å². The lowest BCUT2D eigenvalue weighted by Crippen LogP contribution is -2.33. The minimum atomic E-state index is -1.60. The zero-order valence-electron chi connectivity index (χ0n) is 9.44. The van der Waals surface area contributed by atoms with Crippen LogP contribution in [0.1, 0.15) is 26.7 Å². The Bertz CT molecular complexity index is 402. The van der Waals surface area contributed by atoms with Crippen molar-refractivity contribution in [2.75, 3.05) is 0 Å². The van der Waals surface area contributed by atoms with Gasteiger partial charge in [0.05, 0.1) is 21.6 Å². The van der Waals surface area contributed by atoms with Gasteiger partial charge in [-0.2, -0.15) is 0 Å². The van der Waals surface area contributed by atoms with E-state index in [1.54, 1.807) is 11.7 Å². The molecule has 2 N–H and O–H groups in total. The van der Waals surface area contributed by atoms with Crippen molar-refractivity contribution in [1.82, 2.24) is 0 Å². The van der Waals surface area contributed by atoms with Gasteiger partial charge in [-0.15, -0.1) is 0 Å². The first-order valence-corrected chi connectivity index (χ1v) is 4.80. The van der Waals surface area contributed by atoms with Gasteiger partial charge in [-0.1, -0.05) is 13.8 Å². The molecule has 0 amide bonds. The molecular weight excluding hydrogens is 228 g/mol. The van der Waals surface area contributed by atoms with Crippen LogP contribution in [0.2, 0.25) is 0 Å². The summed E-state index contributed by atoms with van der Waals surface area (Å²) in [5.74, 6) is 3.27. The van der Waals surface area contributed by atoms with Gasteiger partial charge in [-0.05, 0) is 12.8 Å². The monoisotopic (exact) mass is 240 g/mol. The van der Waals surface area contributed by atoms with Crippen LogP contribution in [-0.2, 0) is 0 Å². The summed E-state index contributed by atoms with van der Waals surface area (Å²) in [4.78, 5) is 19.8. The first-order valence-electron chi connectivity index (χ1n) is 4.80. The third-order valence-corrected chi connectivity index (χ3v) is 2.72. The topological polar surface area (TPSA) is 134 Å². The molecule has 0 aliphatic heterocycles. The van der Waals surface area contributed by atoms with E-state index in [2.05, 4.69) is 0 Å². The molecule has 0 bridgehead atoms. The van der Waals surface area contributed by atoms with Crippen LogP contribution in [0.25, 0.3) is 0 Å². The van der Waals surface area contributed by atoms with E-state index >= 15 is 0 Å². The molecule has 0 aromatic rings. The van der Waals surface area contributed by atoms with Gasteiger partial charge in [0, 0.05) is 0 Å². The number of nitrogens with one attached hydrogen (secondary N) is 2. The Kier molecular flexibility index (Phi) is 4.92. The Morgan fingerprint density at radius 3 is 1.47 bits per heavy atom. The molecule has 92 valence electrons. The van der Waals surface area contributed by atoms with Crippen molar-refractivity contribution >= 4 is 11.7 Å². The van der Waals surface area contributed by atoms with Crippen LogP contribution in [0.4, 0.5) is 0 Å². The molecule has 0 aliphatic carbocycles. The molecule has 0 saturated carbocycles. The maximum atomic E-state index is 10.8.